The molecule has 0 saturated carbocycles. The average Bonchev–Trinajstić information content (AvgIpc) is 2.61. The van der Waals surface area contributed by atoms with Gasteiger partial charge in [0.1, 0.15) is 0 Å². The lowest BCUT2D eigenvalue weighted by molar-refractivity contribution is 1.33. The van der Waals surface area contributed by atoms with E-state index in [1.807, 2.05) is 6.07 Å². The van der Waals surface area contributed by atoms with Crippen molar-refractivity contribution in [2.24, 2.45) is 0 Å². The molecule has 0 bridgehead atoms. The minimum absolute atomic E-state index is 0.794. The second kappa shape index (κ2) is 7.46. The van der Waals surface area contributed by atoms with Crippen LogP contribution in [0.5, 0.6) is 0 Å². The van der Waals surface area contributed by atoms with Crippen molar-refractivity contribution in [1.29, 1.82) is 0 Å². The Morgan fingerprint density at radius 2 is 1.39 bits per heavy atom. The zero-order valence-electron chi connectivity index (χ0n) is 13.4. The molecule has 0 aliphatic heterocycles. The van der Waals surface area contributed by atoms with Gasteiger partial charge in [-0.05, 0) is 41.8 Å². The van der Waals surface area contributed by atoms with Crippen LogP contribution in [-0.2, 0) is 0 Å². The largest absolute Gasteiger partial charge is 0.381 e. The van der Waals surface area contributed by atoms with Gasteiger partial charge in [0.15, 0.2) is 0 Å². The normalized spacial score (nSPS) is 11.3. The molecule has 0 aliphatic carbocycles. The van der Waals surface area contributed by atoms with Gasteiger partial charge in [-0.1, -0.05) is 78.4 Å². The first-order chi connectivity index (χ1) is 11.3. The first kappa shape index (κ1) is 15.1. The molecule has 0 saturated heterocycles. The summed E-state index contributed by atoms with van der Waals surface area (Å²) in [7, 11) is 0. The molecule has 3 aromatic carbocycles. The Hall–Kier alpha value is -2.80. The highest BCUT2D eigenvalue weighted by Gasteiger charge is 2.02. The highest BCUT2D eigenvalue weighted by atomic mass is 14.9. The Balaban J connectivity index is 1.84. The second-order valence-corrected chi connectivity index (χ2v) is 5.67. The van der Waals surface area contributed by atoms with E-state index in [2.05, 4.69) is 97.2 Å². The van der Waals surface area contributed by atoms with Crippen LogP contribution >= 0.6 is 0 Å². The standard InChI is InChI=1S/C22H21N/c1-18-12-14-22(15-13-18)23-17-21(20-10-6-3-7-11-20)16-19-8-4-2-5-9-19/h2-16,23H,17H2,1H3/b21-16-. The van der Waals surface area contributed by atoms with Crippen molar-refractivity contribution in [3.63, 3.8) is 0 Å². The van der Waals surface area contributed by atoms with Crippen LogP contribution in [0.2, 0.25) is 0 Å². The molecular weight excluding hydrogens is 278 g/mol. The second-order valence-electron chi connectivity index (χ2n) is 5.67. The van der Waals surface area contributed by atoms with Gasteiger partial charge in [-0.15, -0.1) is 0 Å². The molecular formula is C22H21N. The molecule has 1 N–H and O–H groups in total. The van der Waals surface area contributed by atoms with Gasteiger partial charge in [0, 0.05) is 12.2 Å². The molecule has 0 unspecified atom stereocenters. The van der Waals surface area contributed by atoms with Gasteiger partial charge < -0.3 is 5.32 Å². The van der Waals surface area contributed by atoms with Gasteiger partial charge >= 0.3 is 0 Å². The van der Waals surface area contributed by atoms with Crippen LogP contribution in [0.3, 0.4) is 0 Å². The van der Waals surface area contributed by atoms with Gasteiger partial charge in [0.25, 0.3) is 0 Å². The van der Waals surface area contributed by atoms with E-state index >= 15 is 0 Å². The van der Waals surface area contributed by atoms with Crippen LogP contribution in [0.1, 0.15) is 16.7 Å². The molecule has 0 heterocycles. The van der Waals surface area contributed by atoms with Gasteiger partial charge in [-0.2, -0.15) is 0 Å². The van der Waals surface area contributed by atoms with E-state index in [9.17, 15) is 0 Å². The summed E-state index contributed by atoms with van der Waals surface area (Å²) in [6, 6.07) is 29.5. The van der Waals surface area contributed by atoms with Crippen LogP contribution in [0.4, 0.5) is 5.69 Å². The summed E-state index contributed by atoms with van der Waals surface area (Å²) in [5.41, 5.74) is 6.16. The zero-order valence-corrected chi connectivity index (χ0v) is 13.4. The molecule has 3 rings (SSSR count). The summed E-state index contributed by atoms with van der Waals surface area (Å²) < 4.78 is 0. The van der Waals surface area contributed by atoms with E-state index in [1.54, 1.807) is 0 Å². The molecule has 0 radical (unpaired) electrons. The van der Waals surface area contributed by atoms with E-state index in [-0.39, 0.29) is 0 Å². The molecule has 23 heavy (non-hydrogen) atoms. The van der Waals surface area contributed by atoms with Gasteiger partial charge in [-0.3, -0.25) is 0 Å². The Morgan fingerprint density at radius 1 is 0.783 bits per heavy atom. The highest BCUT2D eigenvalue weighted by molar-refractivity contribution is 5.83. The van der Waals surface area contributed by atoms with E-state index in [4.69, 9.17) is 0 Å². The topological polar surface area (TPSA) is 12.0 Å². The third-order valence-electron chi connectivity index (χ3n) is 3.82. The molecule has 0 amide bonds. The monoisotopic (exact) mass is 299 g/mol. The van der Waals surface area contributed by atoms with Crippen LogP contribution < -0.4 is 5.32 Å². The fourth-order valence-corrected chi connectivity index (χ4v) is 2.51. The van der Waals surface area contributed by atoms with Gasteiger partial charge in [0.2, 0.25) is 0 Å². The third kappa shape index (κ3) is 4.33. The number of aryl methyl sites for hydroxylation is 1. The summed E-state index contributed by atoms with van der Waals surface area (Å²) in [6.45, 7) is 2.90. The maximum atomic E-state index is 3.52. The van der Waals surface area contributed by atoms with Crippen molar-refractivity contribution in [1.82, 2.24) is 0 Å². The average molecular weight is 299 g/mol. The summed E-state index contributed by atoms with van der Waals surface area (Å²) in [6.07, 6.45) is 2.25. The molecule has 0 atom stereocenters. The molecule has 0 aromatic heterocycles. The molecule has 1 heteroatoms. The van der Waals surface area contributed by atoms with Gasteiger partial charge in [0.05, 0.1) is 0 Å². The Kier molecular flexibility index (Phi) is 4.90. The molecule has 114 valence electrons. The molecule has 0 fully saturated rings. The van der Waals surface area contributed by atoms with Crippen molar-refractivity contribution in [3.8, 4) is 0 Å². The molecule has 3 aromatic rings. The quantitative estimate of drug-likeness (QED) is 0.600. The number of anilines is 1. The van der Waals surface area contributed by atoms with Crippen molar-refractivity contribution in [2.75, 3.05) is 11.9 Å². The number of benzene rings is 3. The minimum atomic E-state index is 0.794. The summed E-state index contributed by atoms with van der Waals surface area (Å²) in [5.74, 6) is 0. The van der Waals surface area contributed by atoms with Crippen LogP contribution in [0.15, 0.2) is 84.9 Å². The van der Waals surface area contributed by atoms with Crippen LogP contribution in [-0.4, -0.2) is 6.54 Å². The lowest BCUT2D eigenvalue weighted by atomic mass is 10.0. The molecule has 1 nitrogen and oxygen atoms in total. The smallest absolute Gasteiger partial charge is 0.0406 e. The van der Waals surface area contributed by atoms with E-state index in [0.717, 1.165) is 12.2 Å². The first-order valence-electron chi connectivity index (χ1n) is 7.93. The van der Waals surface area contributed by atoms with E-state index in [1.165, 1.54) is 22.3 Å². The van der Waals surface area contributed by atoms with Crippen molar-refractivity contribution < 1.29 is 0 Å². The van der Waals surface area contributed by atoms with Crippen molar-refractivity contribution in [3.05, 3.63) is 102 Å². The van der Waals surface area contributed by atoms with Crippen molar-refractivity contribution >= 4 is 17.3 Å². The lowest BCUT2D eigenvalue weighted by Crippen LogP contribution is -2.04. The summed E-state index contributed by atoms with van der Waals surface area (Å²) in [5, 5.41) is 3.52. The fourth-order valence-electron chi connectivity index (χ4n) is 2.51. The summed E-state index contributed by atoms with van der Waals surface area (Å²) >= 11 is 0. The predicted octanol–water partition coefficient (Wildman–Crippen LogP) is 5.65. The fraction of sp³-hybridized carbons (Fsp3) is 0.0909. The van der Waals surface area contributed by atoms with Gasteiger partial charge in [-0.25, -0.2) is 0 Å². The lowest BCUT2D eigenvalue weighted by Gasteiger charge is -2.11. The predicted molar refractivity (Wildman–Crippen MR) is 100 cm³/mol. The zero-order chi connectivity index (χ0) is 15.9. The third-order valence-corrected chi connectivity index (χ3v) is 3.82. The number of nitrogens with one attached hydrogen (secondary N) is 1. The molecule has 0 aliphatic rings. The maximum absolute atomic E-state index is 3.52. The Bertz CT molecular complexity index is 756. The van der Waals surface area contributed by atoms with Crippen LogP contribution in [0.25, 0.3) is 11.6 Å². The summed E-state index contributed by atoms with van der Waals surface area (Å²) in [4.78, 5) is 0. The highest BCUT2D eigenvalue weighted by Crippen LogP contribution is 2.19. The van der Waals surface area contributed by atoms with E-state index in [0.29, 0.717) is 0 Å². The first-order valence-corrected chi connectivity index (χ1v) is 7.93. The Morgan fingerprint density at radius 3 is 2.04 bits per heavy atom. The Labute approximate surface area is 138 Å². The number of rotatable bonds is 5. The minimum Gasteiger partial charge on any atom is -0.381 e. The number of hydrogen-bond donors (Lipinski definition) is 1. The van der Waals surface area contributed by atoms with Crippen LogP contribution in [0, 0.1) is 6.92 Å². The van der Waals surface area contributed by atoms with Crippen molar-refractivity contribution in [2.45, 2.75) is 6.92 Å². The van der Waals surface area contributed by atoms with E-state index < -0.39 is 0 Å². The maximum Gasteiger partial charge on any atom is 0.0406 e. The SMILES string of the molecule is Cc1ccc(NC/C(=C/c2ccccc2)c2ccccc2)cc1. The number of hydrogen-bond acceptors (Lipinski definition) is 1. The molecule has 0 spiro atoms.